The number of aromatic nitrogens is 1. The van der Waals surface area contributed by atoms with Crippen LogP contribution in [0.25, 0.3) is 10.2 Å². The summed E-state index contributed by atoms with van der Waals surface area (Å²) in [5.41, 5.74) is 1.61. The molecule has 3 nitrogen and oxygen atoms in total. The number of halogens is 1. The van der Waals surface area contributed by atoms with Gasteiger partial charge in [-0.3, -0.25) is 0 Å². The summed E-state index contributed by atoms with van der Waals surface area (Å²) in [6.45, 7) is 0. The van der Waals surface area contributed by atoms with Gasteiger partial charge < -0.3 is 9.84 Å². The van der Waals surface area contributed by atoms with Gasteiger partial charge in [-0.25, -0.2) is 4.98 Å². The Kier molecular flexibility index (Phi) is 3.03. The van der Waals surface area contributed by atoms with Crippen molar-refractivity contribution in [2.45, 2.75) is 5.40 Å². The average molecular weight is 298 g/mol. The zero-order valence-electron chi connectivity index (χ0n) is 9.24. The van der Waals surface area contributed by atoms with Crippen molar-refractivity contribution < 1.29 is 9.84 Å². The second-order valence-electron chi connectivity index (χ2n) is 4.05. The maximum absolute atomic E-state index is 10.1. The summed E-state index contributed by atoms with van der Waals surface area (Å²) in [6.07, 6.45) is 0. The van der Waals surface area contributed by atoms with Crippen molar-refractivity contribution in [3.63, 3.8) is 0 Å². The lowest BCUT2D eigenvalue weighted by Gasteiger charge is -2.19. The highest BCUT2D eigenvalue weighted by Gasteiger charge is 2.22. The zero-order valence-corrected chi connectivity index (χ0v) is 11.6. The van der Waals surface area contributed by atoms with Crippen LogP contribution in [0.2, 0.25) is 0 Å². The third-order valence-corrected chi connectivity index (χ3v) is 3.79. The lowest BCUT2D eigenvalue weighted by Crippen LogP contribution is -2.26. The molecule has 82 valence electrons. The van der Waals surface area contributed by atoms with Gasteiger partial charge in [0.15, 0.2) is 3.92 Å². The monoisotopic (exact) mass is 297 g/mol. The van der Waals surface area contributed by atoms with Gasteiger partial charge in [0.05, 0.1) is 17.3 Å². The molecule has 2 aromatic rings. The van der Waals surface area contributed by atoms with Crippen LogP contribution >= 0.6 is 27.3 Å². The summed E-state index contributed by atoms with van der Waals surface area (Å²) in [7, 11) is 5.11. The molecule has 0 aliphatic rings. The van der Waals surface area contributed by atoms with Gasteiger partial charge >= 0.3 is 0 Å². The highest BCUT2D eigenvalue weighted by Crippen LogP contribution is 2.34. The number of fused-ring (bicyclic) bond motifs is 1. The van der Waals surface area contributed by atoms with E-state index in [4.69, 9.17) is 4.74 Å². The van der Waals surface area contributed by atoms with E-state index in [0.29, 0.717) is 0 Å². The number of hydrogen-bond acceptors (Lipinski definition) is 4. The molecule has 16 heavy (non-hydrogen) atoms. The Labute approximate surface area is 108 Å². The molecule has 0 unspecified atom stereocenters. The fourth-order valence-electron chi connectivity index (χ4n) is 1.56. The summed E-state index contributed by atoms with van der Waals surface area (Å²) in [4.78, 5) is 4.37. The van der Waals surface area contributed by atoms with E-state index in [2.05, 4.69) is 20.9 Å². The summed E-state index contributed by atoms with van der Waals surface area (Å²) < 4.78 is 7.03. The number of thiazole rings is 1. The minimum absolute atomic E-state index is 0.737. The van der Waals surface area contributed by atoms with E-state index in [1.807, 2.05) is 12.1 Å². The summed E-state index contributed by atoms with van der Waals surface area (Å²) >= 11 is 4.88. The number of rotatable bonds is 2. The maximum Gasteiger partial charge on any atom is 0.160 e. The summed E-state index contributed by atoms with van der Waals surface area (Å²) in [5.74, 6) is 0.737. The van der Waals surface area contributed by atoms with E-state index in [1.54, 1.807) is 22.8 Å². The fraction of sp³-hybridized carbons (Fsp3) is 0.222. The summed E-state index contributed by atoms with van der Waals surface area (Å²) in [5, 5.41) is 9.18. The molecule has 0 fully saturated rings. The Bertz CT molecular complexity index is 538. The number of nitrogens with zero attached hydrogens (tertiary/aromatic N) is 1. The van der Waals surface area contributed by atoms with Crippen LogP contribution in [0.4, 0.5) is 0 Å². The van der Waals surface area contributed by atoms with Crippen molar-refractivity contribution in [1.82, 2.24) is 4.98 Å². The van der Waals surface area contributed by atoms with Crippen molar-refractivity contribution in [3.8, 4) is 5.75 Å². The first kappa shape index (κ1) is 12.0. The van der Waals surface area contributed by atoms with E-state index < -0.39 is 5.40 Å². The molecule has 0 bridgehead atoms. The van der Waals surface area contributed by atoms with E-state index in [-0.39, 0.29) is 0 Å². The fourth-order valence-corrected chi connectivity index (χ4v) is 3.01. The van der Waals surface area contributed by atoms with Gasteiger partial charge in [0.2, 0.25) is 0 Å². The smallest absolute Gasteiger partial charge is 0.160 e. The molecule has 0 saturated heterocycles. The lowest BCUT2D eigenvalue weighted by atomic mass is 9.61. The minimum atomic E-state index is -0.930. The van der Waals surface area contributed by atoms with Crippen molar-refractivity contribution >= 4 is 53.2 Å². The van der Waals surface area contributed by atoms with Crippen LogP contribution in [0, 0.1) is 0 Å². The molecule has 2 rings (SSSR count). The molecule has 7 heteroatoms. The highest BCUT2D eigenvalue weighted by atomic mass is 79.9. The molecule has 0 radical (unpaired) electrons. The first-order valence-electron chi connectivity index (χ1n) is 4.79. The van der Waals surface area contributed by atoms with Gasteiger partial charge in [0.1, 0.15) is 21.4 Å². The van der Waals surface area contributed by atoms with Crippen molar-refractivity contribution in [2.75, 3.05) is 7.11 Å². The second kappa shape index (κ2) is 4.05. The minimum Gasteiger partial charge on any atom is -0.497 e. The molecule has 1 aromatic carbocycles. The van der Waals surface area contributed by atoms with Crippen molar-refractivity contribution in [2.24, 2.45) is 0 Å². The standard InChI is InChI=1S/C9H10B2BrNO2S/c1-15-4-2-5(9(10,11)14)7-6(3-4)16-8(12)13-7/h2-3,14H,10-11H2,1H3. The molecule has 1 aromatic heterocycles. The zero-order chi connectivity index (χ0) is 11.9. The third kappa shape index (κ3) is 2.12. The molecular formula is C9H10B2BrNO2S. The van der Waals surface area contributed by atoms with Gasteiger partial charge in [0, 0.05) is 5.40 Å². The number of hydrogen-bond donors (Lipinski definition) is 1. The molecule has 0 amide bonds. The predicted octanol–water partition coefficient (Wildman–Crippen LogP) is 0.436. The van der Waals surface area contributed by atoms with Crippen LogP contribution in [-0.4, -0.2) is 32.9 Å². The van der Waals surface area contributed by atoms with Gasteiger partial charge in [-0.1, -0.05) is 0 Å². The maximum atomic E-state index is 10.1. The van der Waals surface area contributed by atoms with Gasteiger partial charge in [-0.2, -0.15) is 0 Å². The predicted molar refractivity (Wildman–Crippen MR) is 74.9 cm³/mol. The Morgan fingerprint density at radius 1 is 1.50 bits per heavy atom. The topological polar surface area (TPSA) is 42.4 Å². The van der Waals surface area contributed by atoms with Crippen LogP contribution in [0.1, 0.15) is 5.56 Å². The number of ether oxygens (including phenoxy) is 1. The van der Waals surface area contributed by atoms with Crippen LogP contribution < -0.4 is 4.74 Å². The average Bonchev–Trinajstić information content (AvgIpc) is 2.54. The SMILES string of the molecule is BC(B)(O)c1cc(OC)cc2sc(Br)nc12. The van der Waals surface area contributed by atoms with Crippen LogP contribution in [0.3, 0.4) is 0 Å². The molecule has 0 aliphatic heterocycles. The molecule has 1 heterocycles. The summed E-state index contributed by atoms with van der Waals surface area (Å²) in [6, 6.07) is 3.75. The Hall–Kier alpha value is -0.520. The van der Waals surface area contributed by atoms with E-state index in [0.717, 1.165) is 25.4 Å². The number of methoxy groups -OCH3 is 1. The number of aliphatic hydroxyl groups is 1. The lowest BCUT2D eigenvalue weighted by molar-refractivity contribution is 0.218. The second-order valence-corrected chi connectivity index (χ2v) is 6.35. The van der Waals surface area contributed by atoms with Crippen LogP contribution in [0.15, 0.2) is 16.0 Å². The van der Waals surface area contributed by atoms with Gasteiger partial charge in [-0.15, -0.1) is 11.3 Å². The van der Waals surface area contributed by atoms with E-state index >= 15 is 0 Å². The molecule has 1 N–H and O–H groups in total. The first-order chi connectivity index (χ1) is 7.41. The quantitative estimate of drug-likeness (QED) is 0.818. The molecule has 0 atom stereocenters. The third-order valence-electron chi connectivity index (χ3n) is 2.34. The normalized spacial score (nSPS) is 11.9. The van der Waals surface area contributed by atoms with Crippen molar-refractivity contribution in [3.05, 3.63) is 21.6 Å². The molecule has 0 saturated carbocycles. The molecular weight excluding hydrogens is 288 g/mol. The molecule has 0 spiro atoms. The highest BCUT2D eigenvalue weighted by molar-refractivity contribution is 9.11. The Morgan fingerprint density at radius 2 is 2.19 bits per heavy atom. The Balaban J connectivity index is 2.78. The van der Waals surface area contributed by atoms with E-state index in [1.165, 1.54) is 11.3 Å². The number of benzene rings is 1. The van der Waals surface area contributed by atoms with Gasteiger partial charge in [-0.05, 0) is 33.6 Å². The van der Waals surface area contributed by atoms with E-state index in [9.17, 15) is 5.11 Å². The van der Waals surface area contributed by atoms with Crippen LogP contribution in [0.5, 0.6) is 5.75 Å². The first-order valence-corrected chi connectivity index (χ1v) is 6.39. The van der Waals surface area contributed by atoms with Crippen LogP contribution in [-0.2, 0) is 5.40 Å². The largest absolute Gasteiger partial charge is 0.497 e. The van der Waals surface area contributed by atoms with Gasteiger partial charge in [0.25, 0.3) is 0 Å². The Morgan fingerprint density at radius 3 is 2.75 bits per heavy atom. The molecule has 0 aliphatic carbocycles. The van der Waals surface area contributed by atoms with Crippen molar-refractivity contribution in [1.29, 1.82) is 0 Å².